The minimum atomic E-state index is -0.567. The molecule has 194 valence electrons. The minimum absolute atomic E-state index is 0.192. The van der Waals surface area contributed by atoms with Crippen LogP contribution in [0, 0.1) is 11.7 Å². The molecule has 3 heterocycles. The average molecular weight is 545 g/mol. The van der Waals surface area contributed by atoms with Gasteiger partial charge in [0.25, 0.3) is 11.8 Å². The van der Waals surface area contributed by atoms with Crippen molar-refractivity contribution in [3.05, 3.63) is 64.1 Å². The molecule has 11 heteroatoms. The zero-order valence-electron chi connectivity index (χ0n) is 20.0. The Morgan fingerprint density at radius 2 is 1.78 bits per heavy atom. The van der Waals surface area contributed by atoms with Gasteiger partial charge in [-0.15, -0.1) is 22.7 Å². The lowest BCUT2D eigenvalue weighted by molar-refractivity contribution is -0.152. The first-order valence-corrected chi connectivity index (χ1v) is 13.5. The highest BCUT2D eigenvalue weighted by Gasteiger charge is 2.29. The van der Waals surface area contributed by atoms with Crippen LogP contribution in [0.1, 0.15) is 40.5 Å². The van der Waals surface area contributed by atoms with Crippen LogP contribution >= 0.6 is 22.7 Å². The molecule has 0 bridgehead atoms. The Hall–Kier alpha value is -3.57. The van der Waals surface area contributed by atoms with E-state index in [0.29, 0.717) is 42.1 Å². The largest absolute Gasteiger partial charge is 0.462 e. The van der Waals surface area contributed by atoms with Crippen molar-refractivity contribution in [2.45, 2.75) is 19.8 Å². The van der Waals surface area contributed by atoms with Crippen LogP contribution in [0.5, 0.6) is 0 Å². The van der Waals surface area contributed by atoms with Crippen LogP contribution in [-0.4, -0.2) is 55.0 Å². The monoisotopic (exact) mass is 544 g/mol. The number of rotatable bonds is 8. The highest BCUT2D eigenvalue weighted by atomic mass is 32.1. The fraction of sp³-hybridized carbons (Fsp3) is 0.308. The molecule has 1 aliphatic rings. The number of piperidine rings is 1. The number of thiophene rings is 2. The number of esters is 2. The van der Waals surface area contributed by atoms with Gasteiger partial charge >= 0.3 is 11.9 Å². The summed E-state index contributed by atoms with van der Waals surface area (Å²) < 4.78 is 23.5. The summed E-state index contributed by atoms with van der Waals surface area (Å²) in [5, 5.41) is 6.66. The standard InChI is InChI=1S/C26H25FN2O6S2/c1-2-34-26(33)22-19(20-4-3-13-36-20)15-37-23(22)28-21(30)14-35-25(32)17-9-11-29(12-10-17)24(31)16-5-7-18(27)8-6-16/h3-8,13,15,17H,2,9-12,14H2,1H3,(H,28,30). The van der Waals surface area contributed by atoms with E-state index in [1.54, 1.807) is 17.2 Å². The topological polar surface area (TPSA) is 102 Å². The van der Waals surface area contributed by atoms with Crippen LogP contribution in [0.25, 0.3) is 10.4 Å². The molecule has 0 saturated carbocycles. The number of nitrogens with zero attached hydrogens (tertiary/aromatic N) is 1. The van der Waals surface area contributed by atoms with Crippen molar-refractivity contribution in [2.75, 3.05) is 31.6 Å². The van der Waals surface area contributed by atoms with Crippen molar-refractivity contribution in [3.8, 4) is 10.4 Å². The van der Waals surface area contributed by atoms with Gasteiger partial charge in [-0.25, -0.2) is 9.18 Å². The summed E-state index contributed by atoms with van der Waals surface area (Å²) in [4.78, 5) is 52.7. The summed E-state index contributed by atoms with van der Waals surface area (Å²) in [7, 11) is 0. The zero-order chi connectivity index (χ0) is 26.4. The Morgan fingerprint density at radius 1 is 1.05 bits per heavy atom. The normalized spacial score (nSPS) is 13.7. The van der Waals surface area contributed by atoms with Crippen LogP contribution in [0.4, 0.5) is 9.39 Å². The molecule has 1 N–H and O–H groups in total. The lowest BCUT2D eigenvalue weighted by atomic mass is 9.96. The first-order chi connectivity index (χ1) is 17.9. The molecule has 0 spiro atoms. The Morgan fingerprint density at radius 3 is 2.43 bits per heavy atom. The molecule has 8 nitrogen and oxygen atoms in total. The van der Waals surface area contributed by atoms with E-state index in [1.807, 2.05) is 17.5 Å². The van der Waals surface area contributed by atoms with Gasteiger partial charge in [-0.1, -0.05) is 6.07 Å². The van der Waals surface area contributed by atoms with Gasteiger partial charge in [-0.2, -0.15) is 0 Å². The van der Waals surface area contributed by atoms with E-state index in [4.69, 9.17) is 9.47 Å². The van der Waals surface area contributed by atoms with E-state index in [0.717, 1.165) is 4.88 Å². The third-order valence-corrected chi connectivity index (χ3v) is 7.66. The smallest absolute Gasteiger partial charge is 0.341 e. The average Bonchev–Trinajstić information content (AvgIpc) is 3.58. The number of hydrogen-bond acceptors (Lipinski definition) is 8. The lowest BCUT2D eigenvalue weighted by Crippen LogP contribution is -2.41. The molecule has 0 unspecified atom stereocenters. The molecule has 4 rings (SSSR count). The summed E-state index contributed by atoms with van der Waals surface area (Å²) in [5.41, 5.74) is 1.33. The SMILES string of the molecule is CCOC(=O)c1c(-c2cccs2)csc1NC(=O)COC(=O)C1CCN(C(=O)c2ccc(F)cc2)CC1. The van der Waals surface area contributed by atoms with Crippen molar-refractivity contribution < 1.29 is 33.0 Å². The number of ether oxygens (including phenoxy) is 2. The highest BCUT2D eigenvalue weighted by Crippen LogP contribution is 2.38. The van der Waals surface area contributed by atoms with Gasteiger partial charge in [0.05, 0.1) is 12.5 Å². The molecule has 3 aromatic rings. The van der Waals surface area contributed by atoms with Crippen LogP contribution in [0.3, 0.4) is 0 Å². The van der Waals surface area contributed by atoms with Gasteiger partial charge in [0.15, 0.2) is 6.61 Å². The maximum atomic E-state index is 13.1. The fourth-order valence-corrected chi connectivity index (χ4v) is 5.77. The number of hydrogen-bond donors (Lipinski definition) is 1. The van der Waals surface area contributed by atoms with Crippen molar-refractivity contribution in [1.29, 1.82) is 0 Å². The number of halogens is 1. The van der Waals surface area contributed by atoms with Crippen LogP contribution in [-0.2, 0) is 19.1 Å². The zero-order valence-corrected chi connectivity index (χ0v) is 21.7. The van der Waals surface area contributed by atoms with E-state index in [9.17, 15) is 23.6 Å². The molecule has 1 aromatic carbocycles. The predicted octanol–water partition coefficient (Wildman–Crippen LogP) is 4.83. The molecule has 1 fully saturated rings. The molecule has 2 amide bonds. The molecule has 1 saturated heterocycles. The third-order valence-electron chi connectivity index (χ3n) is 5.86. The van der Waals surface area contributed by atoms with Crippen molar-refractivity contribution in [2.24, 2.45) is 5.92 Å². The Bertz CT molecular complexity index is 1260. The van der Waals surface area contributed by atoms with Crippen LogP contribution in [0.15, 0.2) is 47.2 Å². The van der Waals surface area contributed by atoms with E-state index in [1.165, 1.54) is 46.9 Å². The Kier molecular flexibility index (Phi) is 8.67. The van der Waals surface area contributed by atoms with E-state index in [-0.39, 0.29) is 18.1 Å². The molecule has 0 aliphatic carbocycles. The molecule has 0 atom stereocenters. The second-order valence-corrected chi connectivity index (χ2v) is 10.1. The summed E-state index contributed by atoms with van der Waals surface area (Å²) >= 11 is 2.66. The summed E-state index contributed by atoms with van der Waals surface area (Å²) in [6.45, 7) is 2.10. The quantitative estimate of drug-likeness (QED) is 0.408. The van der Waals surface area contributed by atoms with Crippen LogP contribution in [0.2, 0.25) is 0 Å². The number of likely N-dealkylation sites (tertiary alicyclic amines) is 1. The highest BCUT2D eigenvalue weighted by molar-refractivity contribution is 7.17. The van der Waals surface area contributed by atoms with Crippen molar-refractivity contribution in [3.63, 3.8) is 0 Å². The van der Waals surface area contributed by atoms with Gasteiger partial charge in [-0.3, -0.25) is 14.4 Å². The van der Waals surface area contributed by atoms with Crippen molar-refractivity contribution >= 4 is 51.4 Å². The van der Waals surface area contributed by atoms with Crippen molar-refractivity contribution in [1.82, 2.24) is 4.90 Å². The number of carbonyl (C=O) groups is 4. The minimum Gasteiger partial charge on any atom is -0.462 e. The first kappa shape index (κ1) is 26.5. The van der Waals surface area contributed by atoms with E-state index >= 15 is 0 Å². The fourth-order valence-electron chi connectivity index (χ4n) is 3.98. The molecule has 0 radical (unpaired) electrons. The van der Waals surface area contributed by atoms with Gasteiger partial charge in [0, 0.05) is 34.5 Å². The lowest BCUT2D eigenvalue weighted by Gasteiger charge is -2.31. The maximum absolute atomic E-state index is 13.1. The molecule has 1 aliphatic heterocycles. The Balaban J connectivity index is 1.29. The number of amides is 2. The van der Waals surface area contributed by atoms with Crippen LogP contribution < -0.4 is 5.32 Å². The number of benzene rings is 1. The molecular weight excluding hydrogens is 519 g/mol. The summed E-state index contributed by atoms with van der Waals surface area (Å²) in [6.07, 6.45) is 0.797. The second-order valence-electron chi connectivity index (χ2n) is 8.28. The van der Waals surface area contributed by atoms with Gasteiger partial charge in [-0.05, 0) is 55.5 Å². The number of anilines is 1. The number of carbonyl (C=O) groups excluding carboxylic acids is 4. The van der Waals surface area contributed by atoms with Gasteiger partial charge < -0.3 is 19.7 Å². The summed E-state index contributed by atoms with van der Waals surface area (Å²) in [5.74, 6) is -2.70. The number of nitrogens with one attached hydrogen (secondary N) is 1. The van der Waals surface area contributed by atoms with E-state index in [2.05, 4.69) is 5.32 Å². The molecule has 2 aromatic heterocycles. The molecule has 37 heavy (non-hydrogen) atoms. The van der Waals surface area contributed by atoms with E-state index < -0.39 is 36.2 Å². The molecular formula is C26H25FN2O6S2. The summed E-state index contributed by atoms with van der Waals surface area (Å²) in [6, 6.07) is 9.07. The predicted molar refractivity (Wildman–Crippen MR) is 138 cm³/mol. The Labute approximate surface area is 221 Å². The van der Waals surface area contributed by atoms with Gasteiger partial charge in [0.1, 0.15) is 16.4 Å². The maximum Gasteiger partial charge on any atom is 0.341 e. The van der Waals surface area contributed by atoms with Gasteiger partial charge in [0.2, 0.25) is 0 Å². The third kappa shape index (κ3) is 6.41. The first-order valence-electron chi connectivity index (χ1n) is 11.7. The second kappa shape index (κ2) is 12.1.